The van der Waals surface area contributed by atoms with Crippen LogP contribution in [0.4, 0.5) is 0 Å². The molecule has 0 spiro atoms. The molecule has 0 fully saturated rings. The second-order valence-corrected chi connectivity index (χ2v) is 7.38. The summed E-state index contributed by atoms with van der Waals surface area (Å²) in [5.41, 5.74) is 1.71. The van der Waals surface area contributed by atoms with Crippen molar-refractivity contribution in [3.63, 3.8) is 0 Å². The molecule has 3 rings (SSSR count). The average molecular weight is 348 g/mol. The highest BCUT2D eigenvalue weighted by molar-refractivity contribution is 7.89. The highest BCUT2D eigenvalue weighted by Crippen LogP contribution is 2.21. The molecule has 9 heteroatoms. The van der Waals surface area contributed by atoms with Crippen molar-refractivity contribution >= 4 is 16.0 Å². The summed E-state index contributed by atoms with van der Waals surface area (Å²) in [6.07, 6.45) is 5.76. The van der Waals surface area contributed by atoms with E-state index in [4.69, 9.17) is 5.11 Å². The number of pyridine rings is 1. The lowest BCUT2D eigenvalue weighted by atomic mass is 9.93. The Morgan fingerprint density at radius 1 is 1.33 bits per heavy atom. The number of hydrogen-bond acceptors (Lipinski definition) is 6. The van der Waals surface area contributed by atoms with Gasteiger partial charge in [0.15, 0.2) is 0 Å². The van der Waals surface area contributed by atoms with Crippen LogP contribution in [0.2, 0.25) is 0 Å². The molecule has 0 saturated heterocycles. The molecule has 1 aliphatic rings. The number of rotatable bonds is 4. The van der Waals surface area contributed by atoms with Crippen molar-refractivity contribution in [3.05, 3.63) is 47.3 Å². The molecule has 0 saturated carbocycles. The molecule has 0 aliphatic heterocycles. The van der Waals surface area contributed by atoms with Gasteiger partial charge in [0.1, 0.15) is 10.7 Å². The quantitative estimate of drug-likeness (QED) is 0.834. The first kappa shape index (κ1) is 16.5. The molecule has 126 valence electrons. The zero-order chi connectivity index (χ0) is 17.3. The van der Waals surface area contributed by atoms with Gasteiger partial charge in [0.05, 0.1) is 5.56 Å². The molecule has 1 unspecified atom stereocenters. The first-order chi connectivity index (χ1) is 11.3. The number of aromatic carboxylic acids is 1. The fraction of sp³-hybridized carbons (Fsp3) is 0.333. The van der Waals surface area contributed by atoms with Crippen LogP contribution in [-0.2, 0) is 22.9 Å². The standard InChI is InChI=1S/C15H16N4O4S/c1-9-17-7-10-4-12(2-3-14(10)18-9)19-24(22,23)13-5-11(15(20)21)6-16-8-13/h5-8,12,19H,2-4H2,1H3,(H,20,21). The molecule has 0 radical (unpaired) electrons. The molecule has 0 amide bonds. The van der Waals surface area contributed by atoms with Crippen molar-refractivity contribution in [2.75, 3.05) is 0 Å². The lowest BCUT2D eigenvalue weighted by Gasteiger charge is -2.24. The maximum Gasteiger partial charge on any atom is 0.337 e. The van der Waals surface area contributed by atoms with E-state index in [1.165, 1.54) is 0 Å². The molecule has 2 N–H and O–H groups in total. The molecule has 2 heterocycles. The van der Waals surface area contributed by atoms with Gasteiger partial charge in [-0.15, -0.1) is 0 Å². The number of nitrogens with one attached hydrogen (secondary N) is 1. The van der Waals surface area contributed by atoms with Gasteiger partial charge in [-0.1, -0.05) is 0 Å². The molecule has 0 aromatic carbocycles. The van der Waals surface area contributed by atoms with Crippen LogP contribution in [0.1, 0.15) is 33.9 Å². The van der Waals surface area contributed by atoms with E-state index in [2.05, 4.69) is 19.7 Å². The Balaban J connectivity index is 1.79. The SMILES string of the molecule is Cc1ncc2c(n1)CCC(NS(=O)(=O)c1cncc(C(=O)O)c1)C2. The fourth-order valence-electron chi connectivity index (χ4n) is 2.68. The van der Waals surface area contributed by atoms with Crippen LogP contribution in [0.15, 0.2) is 29.6 Å². The number of carboxylic acids is 1. The number of aromatic nitrogens is 3. The van der Waals surface area contributed by atoms with Crippen LogP contribution in [0.5, 0.6) is 0 Å². The second-order valence-electron chi connectivity index (χ2n) is 5.66. The highest BCUT2D eigenvalue weighted by Gasteiger charge is 2.26. The summed E-state index contributed by atoms with van der Waals surface area (Å²) in [7, 11) is -3.84. The van der Waals surface area contributed by atoms with Gasteiger partial charge in [-0.2, -0.15) is 0 Å². The van der Waals surface area contributed by atoms with Gasteiger partial charge in [-0.3, -0.25) is 4.98 Å². The zero-order valence-electron chi connectivity index (χ0n) is 12.9. The van der Waals surface area contributed by atoms with Gasteiger partial charge in [0, 0.05) is 30.3 Å². The summed E-state index contributed by atoms with van der Waals surface area (Å²) in [5.74, 6) is -0.525. The van der Waals surface area contributed by atoms with E-state index in [0.717, 1.165) is 29.7 Å². The molecular weight excluding hydrogens is 332 g/mol. The van der Waals surface area contributed by atoms with Crippen molar-refractivity contribution in [1.82, 2.24) is 19.7 Å². The Kier molecular flexibility index (Phi) is 4.29. The molecule has 8 nitrogen and oxygen atoms in total. The fourth-order valence-corrected chi connectivity index (χ4v) is 3.94. The van der Waals surface area contributed by atoms with Crippen molar-refractivity contribution < 1.29 is 18.3 Å². The van der Waals surface area contributed by atoms with Gasteiger partial charge in [0.25, 0.3) is 0 Å². The first-order valence-electron chi connectivity index (χ1n) is 7.37. The van der Waals surface area contributed by atoms with Gasteiger partial charge in [-0.05, 0) is 37.8 Å². The van der Waals surface area contributed by atoms with Gasteiger partial charge in [-0.25, -0.2) is 27.9 Å². The van der Waals surface area contributed by atoms with Gasteiger partial charge in [0.2, 0.25) is 10.0 Å². The third-order valence-corrected chi connectivity index (χ3v) is 5.35. The molecule has 24 heavy (non-hydrogen) atoms. The molecule has 1 atom stereocenters. The third kappa shape index (κ3) is 3.41. The lowest BCUT2D eigenvalue weighted by Crippen LogP contribution is -2.39. The Labute approximate surface area is 139 Å². The summed E-state index contributed by atoms with van der Waals surface area (Å²) >= 11 is 0. The van der Waals surface area contributed by atoms with E-state index < -0.39 is 16.0 Å². The van der Waals surface area contributed by atoms with E-state index in [-0.39, 0.29) is 16.5 Å². The summed E-state index contributed by atoms with van der Waals surface area (Å²) in [4.78, 5) is 23.0. The number of fused-ring (bicyclic) bond motifs is 1. The molecule has 0 bridgehead atoms. The summed E-state index contributed by atoms with van der Waals surface area (Å²) < 4.78 is 27.5. The Hall–Kier alpha value is -2.39. The Morgan fingerprint density at radius 3 is 2.88 bits per heavy atom. The Morgan fingerprint density at radius 2 is 2.12 bits per heavy atom. The zero-order valence-corrected chi connectivity index (χ0v) is 13.7. The second kappa shape index (κ2) is 6.25. The molecule has 2 aromatic heterocycles. The lowest BCUT2D eigenvalue weighted by molar-refractivity contribution is 0.0696. The van der Waals surface area contributed by atoms with Crippen molar-refractivity contribution in [3.8, 4) is 0 Å². The van der Waals surface area contributed by atoms with E-state index >= 15 is 0 Å². The van der Waals surface area contributed by atoms with Crippen molar-refractivity contribution in [1.29, 1.82) is 0 Å². The van der Waals surface area contributed by atoms with E-state index in [1.807, 2.05) is 6.92 Å². The number of hydrogen-bond donors (Lipinski definition) is 2. The van der Waals surface area contributed by atoms with Crippen LogP contribution < -0.4 is 4.72 Å². The topological polar surface area (TPSA) is 122 Å². The van der Waals surface area contributed by atoms with Crippen LogP contribution in [0.25, 0.3) is 0 Å². The van der Waals surface area contributed by atoms with Crippen LogP contribution in [0, 0.1) is 6.92 Å². The number of sulfonamides is 1. The average Bonchev–Trinajstić information content (AvgIpc) is 2.55. The summed E-state index contributed by atoms with van der Waals surface area (Å²) in [6.45, 7) is 1.82. The largest absolute Gasteiger partial charge is 0.478 e. The summed E-state index contributed by atoms with van der Waals surface area (Å²) in [6, 6.07) is 0.809. The predicted molar refractivity (Wildman–Crippen MR) is 84.1 cm³/mol. The Bertz CT molecular complexity index is 898. The van der Waals surface area contributed by atoms with Crippen LogP contribution >= 0.6 is 0 Å². The monoisotopic (exact) mass is 348 g/mol. The van der Waals surface area contributed by atoms with Gasteiger partial charge >= 0.3 is 5.97 Å². The number of carbonyl (C=O) groups is 1. The summed E-state index contributed by atoms with van der Waals surface area (Å²) in [5, 5.41) is 8.96. The normalized spacial score (nSPS) is 17.3. The van der Waals surface area contributed by atoms with Crippen LogP contribution in [-0.4, -0.2) is 40.5 Å². The first-order valence-corrected chi connectivity index (χ1v) is 8.85. The van der Waals surface area contributed by atoms with Crippen LogP contribution in [0.3, 0.4) is 0 Å². The third-order valence-electron chi connectivity index (χ3n) is 3.86. The molecule has 1 aliphatic carbocycles. The minimum Gasteiger partial charge on any atom is -0.478 e. The van der Waals surface area contributed by atoms with E-state index in [0.29, 0.717) is 25.1 Å². The minimum absolute atomic E-state index is 0.159. The van der Waals surface area contributed by atoms with Crippen molar-refractivity contribution in [2.45, 2.75) is 37.1 Å². The highest BCUT2D eigenvalue weighted by atomic mass is 32.2. The number of carboxylic acid groups (broad SMARTS) is 1. The predicted octanol–water partition coefficient (Wildman–Crippen LogP) is 0.714. The molecule has 2 aromatic rings. The smallest absolute Gasteiger partial charge is 0.337 e. The minimum atomic E-state index is -3.84. The van der Waals surface area contributed by atoms with Gasteiger partial charge < -0.3 is 5.11 Å². The number of nitrogens with zero attached hydrogens (tertiary/aromatic N) is 3. The van der Waals surface area contributed by atoms with Crippen molar-refractivity contribution in [2.24, 2.45) is 0 Å². The maximum absolute atomic E-state index is 12.5. The number of aryl methyl sites for hydroxylation is 2. The molecular formula is C15H16N4O4S. The van der Waals surface area contributed by atoms with E-state index in [9.17, 15) is 13.2 Å². The van der Waals surface area contributed by atoms with E-state index in [1.54, 1.807) is 6.20 Å². The maximum atomic E-state index is 12.5.